The van der Waals surface area contributed by atoms with Crippen molar-refractivity contribution < 1.29 is 196 Å². The molecule has 7 aliphatic rings. The molecule has 2 aliphatic carbocycles. The van der Waals surface area contributed by atoms with Crippen LogP contribution in [0.3, 0.4) is 0 Å². The molecule has 0 N–H and O–H groups in total. The fourth-order valence-electron chi connectivity index (χ4n) is 6.61. The zero-order valence-electron chi connectivity index (χ0n) is 26.9. The van der Waals surface area contributed by atoms with Crippen LogP contribution in [-0.4, -0.2) is 66.6 Å². The first-order valence-electron chi connectivity index (χ1n) is 12.4. The summed E-state index contributed by atoms with van der Waals surface area (Å²) in [6, 6.07) is 12.5. The molecule has 1 aromatic carbocycles. The molecule has 1 aromatic rings. The Morgan fingerprint density at radius 1 is 0.641 bits per heavy atom. The number of nitrogens with zero attached hydrogens (tertiary/aromatic N) is 3. The number of benzene rings is 1. The third-order valence-corrected chi connectivity index (χ3v) is 8.64. The Kier molecular flexibility index (Phi) is 39.0. The molecule has 2 saturated carbocycles. The molecular weight excluding hydrogens is 936 g/mol. The molecular formula is C30H54N3Y6-3. The van der Waals surface area contributed by atoms with Crippen molar-refractivity contribution in [2.75, 3.05) is 27.7 Å². The van der Waals surface area contributed by atoms with E-state index in [9.17, 15) is 0 Å². The van der Waals surface area contributed by atoms with Gasteiger partial charge in [-0.15, -0.1) is 0 Å². The van der Waals surface area contributed by atoms with Crippen molar-refractivity contribution in [3.05, 3.63) is 57.7 Å². The summed E-state index contributed by atoms with van der Waals surface area (Å²) in [6.45, 7) is 9.51. The summed E-state index contributed by atoms with van der Waals surface area (Å²) in [6.07, 6.45) is 9.91. The molecule has 3 nitrogen and oxygen atoms in total. The van der Waals surface area contributed by atoms with Crippen LogP contribution in [0.15, 0.2) is 24.3 Å². The quantitative estimate of drug-likeness (QED) is 0.280. The van der Waals surface area contributed by atoms with E-state index in [1.165, 1.54) is 62.6 Å². The molecule has 6 fully saturated rings. The summed E-state index contributed by atoms with van der Waals surface area (Å²) in [5.41, 5.74) is 3.67. The number of fused-ring (bicyclic) bond motifs is 5. The van der Waals surface area contributed by atoms with Crippen molar-refractivity contribution in [3.63, 3.8) is 0 Å². The van der Waals surface area contributed by atoms with Gasteiger partial charge in [0, 0.05) is 234 Å². The Morgan fingerprint density at radius 2 is 1.05 bits per heavy atom. The fourth-order valence-corrected chi connectivity index (χ4v) is 6.61. The smallest absolute Gasteiger partial charge is 0.0233 e. The second-order valence-corrected chi connectivity index (χ2v) is 11.8. The number of hydrogen-bond acceptors (Lipinski definition) is 3. The maximum absolute atomic E-state index is 2.55. The SMILES string of the molecule is CC1CC2CC(C1)N2C.CN1C2CC1CC(C)(C)C2.CN1CCc2ccccc2C1.[CH3-].[CH3-].[CH3-].[Y].[Y].[Y].[Y].[Y].[Y]. The molecule has 5 heterocycles. The predicted octanol–water partition coefficient (Wildman–Crippen LogP) is 6.38. The van der Waals surface area contributed by atoms with Crippen LogP contribution in [0.5, 0.6) is 0 Å². The standard InChI is InChI=1S/C10H13N.C9H17N.C8H15N.3CH3.6Y/c1-11-7-6-9-4-2-3-5-10(9)8-11;1-9(2)5-7-4-8(6-9)10(7)3;1-6-3-7-5-8(4-6)9(7)2;;;;;;;;;/h2-5H,6-8H2,1H3;7-8H,4-6H2,1-3H3;6-8H,3-5H2,1-2H3;3*1H3;;;;;;/q;;;3*-1;;;;;;. The minimum absolute atomic E-state index is 0. The second-order valence-electron chi connectivity index (χ2n) is 11.8. The Hall–Kier alpha value is 5.72. The van der Waals surface area contributed by atoms with E-state index in [1.807, 2.05) is 0 Å². The zero-order chi connectivity index (χ0) is 21.5. The molecule has 5 aliphatic heterocycles. The van der Waals surface area contributed by atoms with E-state index in [4.69, 9.17) is 0 Å². The minimum Gasteiger partial charge on any atom is -0.358 e. The van der Waals surface area contributed by atoms with Gasteiger partial charge in [-0.05, 0) is 88.5 Å². The molecule has 0 spiro atoms. The number of hydrogen-bond donors (Lipinski definition) is 0. The predicted molar refractivity (Wildman–Crippen MR) is 147 cm³/mol. The van der Waals surface area contributed by atoms with Crippen molar-refractivity contribution in [3.8, 4) is 0 Å². The van der Waals surface area contributed by atoms with Crippen LogP contribution < -0.4 is 0 Å². The minimum atomic E-state index is 0. The van der Waals surface area contributed by atoms with Crippen LogP contribution in [0.25, 0.3) is 0 Å². The number of rotatable bonds is 0. The van der Waals surface area contributed by atoms with Crippen LogP contribution >= 0.6 is 0 Å². The van der Waals surface area contributed by atoms with Crippen LogP contribution in [-0.2, 0) is 209 Å². The Labute approximate surface area is 396 Å². The fraction of sp³-hybridized carbons (Fsp3) is 0.700. The maximum Gasteiger partial charge on any atom is 0.0233 e. The van der Waals surface area contributed by atoms with Crippen molar-refractivity contribution in [1.82, 2.24) is 14.7 Å². The molecule has 9 heteroatoms. The summed E-state index contributed by atoms with van der Waals surface area (Å²) in [4.78, 5) is 7.45. The normalized spacial score (nSPS) is 28.2. The molecule has 4 atom stereocenters. The van der Waals surface area contributed by atoms with E-state index >= 15 is 0 Å². The molecule has 39 heavy (non-hydrogen) atoms. The van der Waals surface area contributed by atoms with E-state index in [-0.39, 0.29) is 219 Å². The van der Waals surface area contributed by atoms with Gasteiger partial charge in [0.1, 0.15) is 0 Å². The van der Waals surface area contributed by atoms with Crippen LogP contribution in [0, 0.1) is 33.6 Å². The van der Waals surface area contributed by atoms with Gasteiger partial charge < -0.3 is 37.0 Å². The van der Waals surface area contributed by atoms with Crippen LogP contribution in [0.1, 0.15) is 70.4 Å². The average molecular weight is 990 g/mol. The monoisotopic (exact) mass is 990 g/mol. The van der Waals surface area contributed by atoms with Crippen molar-refractivity contribution in [1.29, 1.82) is 0 Å². The van der Waals surface area contributed by atoms with Crippen molar-refractivity contribution in [2.24, 2.45) is 11.3 Å². The molecule has 0 amide bonds. The largest absolute Gasteiger partial charge is 0.358 e. The maximum atomic E-state index is 2.55. The summed E-state index contributed by atoms with van der Waals surface area (Å²) in [7, 11) is 6.72. The van der Waals surface area contributed by atoms with Gasteiger partial charge in [-0.25, -0.2) is 0 Å². The van der Waals surface area contributed by atoms with Gasteiger partial charge in [0.25, 0.3) is 0 Å². The van der Waals surface area contributed by atoms with Gasteiger partial charge in [-0.3, -0.25) is 0 Å². The van der Waals surface area contributed by atoms with Gasteiger partial charge in [-0.1, -0.05) is 45.0 Å². The van der Waals surface area contributed by atoms with Crippen molar-refractivity contribution >= 4 is 0 Å². The third kappa shape index (κ3) is 16.6. The van der Waals surface area contributed by atoms with E-state index in [0.29, 0.717) is 5.41 Å². The first kappa shape index (κ1) is 57.0. The average Bonchev–Trinajstić information content (AvgIpc) is 2.73. The topological polar surface area (TPSA) is 9.72 Å². The molecule has 210 valence electrons. The number of likely N-dealkylation sites (N-methyl/N-ethyl adjacent to an activating group) is 1. The van der Waals surface area contributed by atoms with Gasteiger partial charge in [0.2, 0.25) is 0 Å². The van der Waals surface area contributed by atoms with Gasteiger partial charge in [0.15, 0.2) is 0 Å². The Morgan fingerprint density at radius 3 is 1.44 bits per heavy atom. The summed E-state index contributed by atoms with van der Waals surface area (Å²) < 4.78 is 0. The van der Waals surface area contributed by atoms with E-state index < -0.39 is 0 Å². The molecule has 6 radical (unpaired) electrons. The summed E-state index contributed by atoms with van der Waals surface area (Å²) in [5, 5.41) is 0. The van der Waals surface area contributed by atoms with E-state index in [2.05, 4.69) is 80.9 Å². The van der Waals surface area contributed by atoms with Crippen LogP contribution in [0.2, 0.25) is 0 Å². The third-order valence-electron chi connectivity index (χ3n) is 8.64. The van der Waals surface area contributed by atoms with E-state index in [0.717, 1.165) is 36.6 Å². The molecule has 8 rings (SSSR count). The van der Waals surface area contributed by atoms with Gasteiger partial charge >= 0.3 is 0 Å². The first-order chi connectivity index (χ1) is 14.2. The Balaban J connectivity index is -0.0000000942. The second kappa shape index (κ2) is 26.7. The van der Waals surface area contributed by atoms with E-state index in [1.54, 1.807) is 0 Å². The molecule has 4 unspecified atom stereocenters. The molecule has 4 bridgehead atoms. The first-order valence-corrected chi connectivity index (χ1v) is 12.4. The Bertz CT molecular complexity index is 712. The number of piperidine rings is 2. The van der Waals surface area contributed by atoms with Gasteiger partial charge in [-0.2, -0.15) is 0 Å². The van der Waals surface area contributed by atoms with Crippen molar-refractivity contribution in [2.45, 2.75) is 96.4 Å². The summed E-state index contributed by atoms with van der Waals surface area (Å²) in [5.74, 6) is 1.00. The van der Waals surface area contributed by atoms with Crippen LogP contribution in [0.4, 0.5) is 0 Å². The van der Waals surface area contributed by atoms with Gasteiger partial charge in [0.05, 0.1) is 0 Å². The zero-order valence-corrected chi connectivity index (χ0v) is 43.9. The molecule has 4 saturated heterocycles. The summed E-state index contributed by atoms with van der Waals surface area (Å²) >= 11 is 0. The molecule has 0 aromatic heterocycles.